The minimum Gasteiger partial charge on any atom is -0.463 e. The summed E-state index contributed by atoms with van der Waals surface area (Å²) in [6, 6.07) is 0. The van der Waals surface area contributed by atoms with Crippen molar-refractivity contribution in [2.45, 2.75) is 53.6 Å². The van der Waals surface area contributed by atoms with Crippen molar-refractivity contribution in [2.75, 3.05) is 0 Å². The van der Waals surface area contributed by atoms with E-state index in [1.54, 1.807) is 0 Å². The number of esters is 1. The van der Waals surface area contributed by atoms with Gasteiger partial charge in [-0.3, -0.25) is 4.79 Å². The first kappa shape index (κ1) is 12.5. The summed E-state index contributed by atoms with van der Waals surface area (Å²) in [5, 5.41) is 0. The van der Waals surface area contributed by atoms with Crippen LogP contribution < -0.4 is 0 Å². The molecule has 0 heterocycles. The molecule has 78 valence electrons. The van der Waals surface area contributed by atoms with E-state index in [2.05, 4.69) is 13.8 Å². The van der Waals surface area contributed by atoms with Crippen LogP contribution in [0.5, 0.6) is 0 Å². The molecule has 0 radical (unpaired) electrons. The maximum absolute atomic E-state index is 11.5. The summed E-state index contributed by atoms with van der Waals surface area (Å²) in [4.78, 5) is 11.5. The minimum atomic E-state index is -0.0359. The lowest BCUT2D eigenvalue weighted by molar-refractivity contribution is -0.153. The van der Waals surface area contributed by atoms with Crippen LogP contribution in [0.2, 0.25) is 0 Å². The molecule has 0 aliphatic carbocycles. The summed E-state index contributed by atoms with van der Waals surface area (Å²) in [5.74, 6) is 0.610. The smallest absolute Gasteiger partial charge is 0.309 e. The predicted octanol–water partition coefficient (Wildman–Crippen LogP) is 3.01. The number of rotatable bonds is 5. The van der Waals surface area contributed by atoms with Crippen LogP contribution >= 0.6 is 0 Å². The molecule has 2 nitrogen and oxygen atoms in total. The SMILES string of the molecule is CCC(CC(C)C)C(=O)OC(C)C. The Morgan fingerprint density at radius 1 is 1.23 bits per heavy atom. The average Bonchev–Trinajstić information content (AvgIpc) is 1.98. The highest BCUT2D eigenvalue weighted by atomic mass is 16.5. The standard InChI is InChI=1S/C11H22O2/c1-6-10(7-8(2)3)11(12)13-9(4)5/h8-10H,6-7H2,1-5H3. The van der Waals surface area contributed by atoms with Crippen LogP contribution in [0.3, 0.4) is 0 Å². The van der Waals surface area contributed by atoms with Gasteiger partial charge in [-0.1, -0.05) is 20.8 Å². The molecule has 13 heavy (non-hydrogen) atoms. The molecule has 0 N–H and O–H groups in total. The summed E-state index contributed by atoms with van der Waals surface area (Å²) in [6.07, 6.45) is 1.82. The lowest BCUT2D eigenvalue weighted by Crippen LogP contribution is -2.22. The van der Waals surface area contributed by atoms with E-state index in [1.807, 2.05) is 20.8 Å². The summed E-state index contributed by atoms with van der Waals surface area (Å²) >= 11 is 0. The maximum Gasteiger partial charge on any atom is 0.309 e. The van der Waals surface area contributed by atoms with E-state index >= 15 is 0 Å². The van der Waals surface area contributed by atoms with Crippen molar-refractivity contribution in [1.29, 1.82) is 0 Å². The third-order valence-electron chi connectivity index (χ3n) is 1.93. The van der Waals surface area contributed by atoms with Crippen molar-refractivity contribution in [3.05, 3.63) is 0 Å². The quantitative estimate of drug-likeness (QED) is 0.617. The van der Waals surface area contributed by atoms with E-state index in [0.29, 0.717) is 5.92 Å². The molecule has 0 saturated heterocycles. The highest BCUT2D eigenvalue weighted by Crippen LogP contribution is 2.17. The maximum atomic E-state index is 11.5. The predicted molar refractivity (Wildman–Crippen MR) is 54.5 cm³/mol. The van der Waals surface area contributed by atoms with Crippen LogP contribution in [-0.4, -0.2) is 12.1 Å². The largest absolute Gasteiger partial charge is 0.463 e. The molecule has 0 aromatic carbocycles. The van der Waals surface area contributed by atoms with Crippen LogP contribution in [-0.2, 0) is 9.53 Å². The van der Waals surface area contributed by atoms with E-state index in [-0.39, 0.29) is 18.0 Å². The van der Waals surface area contributed by atoms with E-state index < -0.39 is 0 Å². The first-order valence-corrected chi connectivity index (χ1v) is 5.17. The molecule has 0 amide bonds. The summed E-state index contributed by atoms with van der Waals surface area (Å²) < 4.78 is 5.17. The average molecular weight is 186 g/mol. The second-order valence-corrected chi connectivity index (χ2v) is 4.22. The van der Waals surface area contributed by atoms with Gasteiger partial charge in [-0.15, -0.1) is 0 Å². The number of hydrogen-bond acceptors (Lipinski definition) is 2. The summed E-state index contributed by atoms with van der Waals surface area (Å²) in [6.45, 7) is 10.1. The van der Waals surface area contributed by atoms with Gasteiger partial charge in [0.05, 0.1) is 12.0 Å². The number of ether oxygens (including phenoxy) is 1. The van der Waals surface area contributed by atoms with Gasteiger partial charge in [0.25, 0.3) is 0 Å². The van der Waals surface area contributed by atoms with Gasteiger partial charge in [-0.05, 0) is 32.6 Å². The molecule has 0 aromatic rings. The monoisotopic (exact) mass is 186 g/mol. The molecule has 0 aliphatic heterocycles. The fourth-order valence-electron chi connectivity index (χ4n) is 1.33. The fraction of sp³-hybridized carbons (Fsp3) is 0.909. The topological polar surface area (TPSA) is 26.3 Å². The molecule has 0 spiro atoms. The molecule has 1 unspecified atom stereocenters. The molecule has 2 heteroatoms. The Labute approximate surface area is 81.7 Å². The summed E-state index contributed by atoms with van der Waals surface area (Å²) in [7, 11) is 0. The van der Waals surface area contributed by atoms with Gasteiger partial charge in [-0.25, -0.2) is 0 Å². The van der Waals surface area contributed by atoms with Crippen LogP contribution in [0, 0.1) is 11.8 Å². The van der Waals surface area contributed by atoms with Crippen molar-refractivity contribution in [3.63, 3.8) is 0 Å². The van der Waals surface area contributed by atoms with Gasteiger partial charge >= 0.3 is 5.97 Å². The highest BCUT2D eigenvalue weighted by Gasteiger charge is 2.19. The van der Waals surface area contributed by atoms with Crippen molar-refractivity contribution >= 4 is 5.97 Å². The molecular formula is C11H22O2. The normalized spacial score (nSPS) is 13.5. The lowest BCUT2D eigenvalue weighted by atomic mass is 9.95. The number of hydrogen-bond donors (Lipinski definition) is 0. The lowest BCUT2D eigenvalue weighted by Gasteiger charge is -2.17. The Kier molecular flexibility index (Phi) is 5.76. The number of carbonyl (C=O) groups is 1. The van der Waals surface area contributed by atoms with Gasteiger partial charge in [-0.2, -0.15) is 0 Å². The first-order valence-electron chi connectivity index (χ1n) is 5.17. The van der Waals surface area contributed by atoms with Gasteiger partial charge in [0, 0.05) is 0 Å². The van der Waals surface area contributed by atoms with Gasteiger partial charge in [0.2, 0.25) is 0 Å². The van der Waals surface area contributed by atoms with E-state index in [1.165, 1.54) is 0 Å². The van der Waals surface area contributed by atoms with Crippen LogP contribution in [0.1, 0.15) is 47.5 Å². The number of carbonyl (C=O) groups excluding carboxylic acids is 1. The van der Waals surface area contributed by atoms with Gasteiger partial charge in [0.15, 0.2) is 0 Å². The minimum absolute atomic E-state index is 0.00807. The van der Waals surface area contributed by atoms with Gasteiger partial charge in [0.1, 0.15) is 0 Å². The third-order valence-corrected chi connectivity index (χ3v) is 1.93. The molecular weight excluding hydrogens is 164 g/mol. The van der Waals surface area contributed by atoms with Crippen molar-refractivity contribution < 1.29 is 9.53 Å². The third kappa shape index (κ3) is 5.67. The molecule has 0 saturated carbocycles. The van der Waals surface area contributed by atoms with E-state index in [0.717, 1.165) is 12.8 Å². The van der Waals surface area contributed by atoms with E-state index in [9.17, 15) is 4.79 Å². The fourth-order valence-corrected chi connectivity index (χ4v) is 1.33. The Bertz CT molecular complexity index is 150. The Morgan fingerprint density at radius 3 is 2.08 bits per heavy atom. The van der Waals surface area contributed by atoms with Crippen LogP contribution in [0.4, 0.5) is 0 Å². The second kappa shape index (κ2) is 6.01. The molecule has 1 atom stereocenters. The molecule has 0 aliphatic rings. The Balaban J connectivity index is 3.99. The second-order valence-electron chi connectivity index (χ2n) is 4.22. The Morgan fingerprint density at radius 2 is 1.77 bits per heavy atom. The van der Waals surface area contributed by atoms with Crippen molar-refractivity contribution in [1.82, 2.24) is 0 Å². The molecule has 0 bridgehead atoms. The van der Waals surface area contributed by atoms with Crippen molar-refractivity contribution in [2.24, 2.45) is 11.8 Å². The zero-order chi connectivity index (χ0) is 10.4. The molecule has 0 fully saturated rings. The highest BCUT2D eigenvalue weighted by molar-refractivity contribution is 5.72. The first-order chi connectivity index (χ1) is 5.97. The Hall–Kier alpha value is -0.530. The zero-order valence-corrected chi connectivity index (χ0v) is 9.46. The zero-order valence-electron chi connectivity index (χ0n) is 9.46. The van der Waals surface area contributed by atoms with Crippen molar-refractivity contribution in [3.8, 4) is 0 Å². The van der Waals surface area contributed by atoms with Crippen LogP contribution in [0.15, 0.2) is 0 Å². The molecule has 0 rings (SSSR count). The van der Waals surface area contributed by atoms with Crippen LogP contribution in [0.25, 0.3) is 0 Å². The molecule has 0 aromatic heterocycles. The summed E-state index contributed by atoms with van der Waals surface area (Å²) in [5.41, 5.74) is 0. The van der Waals surface area contributed by atoms with E-state index in [4.69, 9.17) is 4.74 Å². The van der Waals surface area contributed by atoms with Gasteiger partial charge < -0.3 is 4.74 Å².